The molecule has 4 aromatic rings. The van der Waals surface area contributed by atoms with Gasteiger partial charge >= 0.3 is 0 Å². The molecule has 0 bridgehead atoms. The molecule has 158 valence electrons. The van der Waals surface area contributed by atoms with Gasteiger partial charge in [0.2, 0.25) is 5.88 Å². The Hall–Kier alpha value is -3.99. The fraction of sp³-hybridized carbons (Fsp3) is 0.261. The lowest BCUT2D eigenvalue weighted by Crippen LogP contribution is -2.24. The van der Waals surface area contributed by atoms with Crippen molar-refractivity contribution in [2.24, 2.45) is 0 Å². The second-order valence-electron chi connectivity index (χ2n) is 7.82. The Bertz CT molecular complexity index is 1300. The van der Waals surface area contributed by atoms with Crippen LogP contribution in [0.3, 0.4) is 0 Å². The summed E-state index contributed by atoms with van der Waals surface area (Å²) in [5.41, 5.74) is 2.94. The largest absolute Gasteiger partial charge is 0.497 e. The summed E-state index contributed by atoms with van der Waals surface area (Å²) in [6.07, 6.45) is 5.10. The molecule has 4 rings (SSSR count). The molecule has 3 heterocycles. The van der Waals surface area contributed by atoms with Crippen molar-refractivity contribution in [1.29, 1.82) is 5.26 Å². The molecule has 0 fully saturated rings. The number of fused-ring (bicyclic) bond motifs is 1. The van der Waals surface area contributed by atoms with E-state index in [-0.39, 0.29) is 5.88 Å². The number of hydrogen-bond donors (Lipinski definition) is 1. The number of aromatic hydroxyl groups is 1. The molecule has 0 atom stereocenters. The Kier molecular flexibility index (Phi) is 4.82. The Morgan fingerprint density at radius 2 is 1.74 bits per heavy atom. The van der Waals surface area contributed by atoms with E-state index in [1.807, 2.05) is 25.1 Å². The molecule has 0 saturated carbocycles. The predicted molar refractivity (Wildman–Crippen MR) is 117 cm³/mol. The lowest BCUT2D eigenvalue weighted by atomic mass is 10.1. The van der Waals surface area contributed by atoms with Gasteiger partial charge in [-0.2, -0.15) is 10.4 Å². The van der Waals surface area contributed by atoms with Crippen molar-refractivity contribution in [2.75, 3.05) is 14.2 Å². The van der Waals surface area contributed by atoms with Gasteiger partial charge in [-0.25, -0.2) is 4.98 Å². The van der Waals surface area contributed by atoms with Gasteiger partial charge in [-0.3, -0.25) is 9.25 Å². The maximum Gasteiger partial charge on any atom is 0.205 e. The molecule has 8 nitrogen and oxygen atoms in total. The third kappa shape index (κ3) is 3.44. The van der Waals surface area contributed by atoms with Gasteiger partial charge in [-0.1, -0.05) is 0 Å². The number of methoxy groups -OCH3 is 2. The maximum absolute atomic E-state index is 10.9. The smallest absolute Gasteiger partial charge is 0.205 e. The monoisotopic (exact) mass is 417 g/mol. The summed E-state index contributed by atoms with van der Waals surface area (Å²) in [4.78, 5) is 4.76. The number of hydrogen-bond acceptors (Lipinski definition) is 6. The van der Waals surface area contributed by atoms with E-state index in [2.05, 4.69) is 11.2 Å². The van der Waals surface area contributed by atoms with Crippen molar-refractivity contribution >= 4 is 10.9 Å². The third-order valence-electron chi connectivity index (χ3n) is 5.29. The molecule has 1 N–H and O–H groups in total. The Morgan fingerprint density at radius 3 is 2.35 bits per heavy atom. The molecule has 31 heavy (non-hydrogen) atoms. The van der Waals surface area contributed by atoms with E-state index in [0.29, 0.717) is 28.1 Å². The molecule has 0 amide bonds. The maximum atomic E-state index is 10.9. The van der Waals surface area contributed by atoms with Crippen LogP contribution in [0, 0.1) is 18.3 Å². The lowest BCUT2D eigenvalue weighted by molar-refractivity contribution is 0.394. The molecule has 1 aromatic carbocycles. The van der Waals surface area contributed by atoms with E-state index >= 15 is 0 Å². The van der Waals surface area contributed by atoms with Gasteiger partial charge in [0, 0.05) is 17.8 Å². The van der Waals surface area contributed by atoms with Crippen LogP contribution in [0.1, 0.15) is 19.4 Å². The van der Waals surface area contributed by atoms with Crippen molar-refractivity contribution in [3.8, 4) is 40.4 Å². The van der Waals surface area contributed by atoms with Gasteiger partial charge in [0.1, 0.15) is 17.0 Å². The number of pyridine rings is 1. The van der Waals surface area contributed by atoms with Gasteiger partial charge in [0.25, 0.3) is 0 Å². The molecule has 0 aliphatic heterocycles. The zero-order chi connectivity index (χ0) is 22.3. The van der Waals surface area contributed by atoms with E-state index in [0.717, 1.165) is 16.8 Å². The minimum Gasteiger partial charge on any atom is -0.497 e. The molecular formula is C23H23N5O3. The zero-order valence-electron chi connectivity index (χ0n) is 18.0. The van der Waals surface area contributed by atoms with Crippen molar-refractivity contribution < 1.29 is 14.6 Å². The Labute approximate surface area is 179 Å². The van der Waals surface area contributed by atoms with Gasteiger partial charge < -0.3 is 14.6 Å². The topological polar surface area (TPSA) is 98.1 Å². The minimum atomic E-state index is -0.798. The van der Waals surface area contributed by atoms with Crippen molar-refractivity contribution in [2.45, 2.75) is 26.3 Å². The molecule has 0 unspecified atom stereocenters. The fourth-order valence-corrected chi connectivity index (χ4v) is 3.48. The van der Waals surface area contributed by atoms with Crippen molar-refractivity contribution in [1.82, 2.24) is 19.3 Å². The molecule has 0 radical (unpaired) electrons. The summed E-state index contributed by atoms with van der Waals surface area (Å²) in [7, 11) is 3.21. The van der Waals surface area contributed by atoms with Crippen LogP contribution in [0.2, 0.25) is 0 Å². The fourth-order valence-electron chi connectivity index (χ4n) is 3.48. The Morgan fingerprint density at radius 1 is 1.06 bits per heavy atom. The van der Waals surface area contributed by atoms with Crippen LogP contribution in [0.25, 0.3) is 27.8 Å². The first-order valence-corrected chi connectivity index (χ1v) is 9.69. The van der Waals surface area contributed by atoms with Gasteiger partial charge in [-0.15, -0.1) is 0 Å². The van der Waals surface area contributed by atoms with Gasteiger partial charge in [-0.05, 0) is 44.5 Å². The van der Waals surface area contributed by atoms with E-state index in [1.165, 1.54) is 0 Å². The average molecular weight is 417 g/mol. The number of ether oxygens (including phenoxy) is 2. The number of nitriles is 1. The highest BCUT2D eigenvalue weighted by Gasteiger charge is 2.22. The third-order valence-corrected chi connectivity index (χ3v) is 5.29. The first-order valence-electron chi connectivity index (χ1n) is 9.69. The Balaban J connectivity index is 1.84. The quantitative estimate of drug-likeness (QED) is 0.523. The number of aryl methyl sites for hydroxylation is 1. The summed E-state index contributed by atoms with van der Waals surface area (Å²) in [6.45, 7) is 5.48. The summed E-state index contributed by atoms with van der Waals surface area (Å²) in [5, 5.41) is 25.2. The lowest BCUT2D eigenvalue weighted by Gasteiger charge is -2.15. The molecule has 0 saturated heterocycles. The van der Waals surface area contributed by atoms with Crippen molar-refractivity contribution in [3.63, 3.8) is 0 Å². The van der Waals surface area contributed by atoms with Crippen molar-refractivity contribution in [3.05, 3.63) is 48.4 Å². The molecular weight excluding hydrogens is 394 g/mol. The molecule has 0 aliphatic rings. The van der Waals surface area contributed by atoms with Crippen LogP contribution in [0.4, 0.5) is 0 Å². The first-order chi connectivity index (χ1) is 14.8. The van der Waals surface area contributed by atoms with Crippen LogP contribution < -0.4 is 9.47 Å². The molecule has 3 aromatic heterocycles. The summed E-state index contributed by atoms with van der Waals surface area (Å²) >= 11 is 0. The number of nitrogens with zero attached hydrogens (tertiary/aromatic N) is 5. The van der Waals surface area contributed by atoms with Crippen LogP contribution in [-0.2, 0) is 5.54 Å². The van der Waals surface area contributed by atoms with Crippen LogP contribution in [-0.4, -0.2) is 38.7 Å². The molecule has 8 heteroatoms. The standard InChI is InChI=1S/C23H23N5O3/c1-14-6-19(15-7-17(30-4)9-18(8-15)31-5)26-20-12-27(22(29)21(14)20)16-10-25-28(11-16)23(2,3)13-24/h6-12,29H,1-5H3. The summed E-state index contributed by atoms with van der Waals surface area (Å²) in [6, 6.07) is 9.72. The second kappa shape index (κ2) is 7.36. The SMILES string of the molecule is COc1cc(OC)cc(-c2cc(C)c3c(O)n(-c4cnn(C(C)(C)C#N)c4)cc3n2)c1. The predicted octanol–water partition coefficient (Wildman–Crippen LogP) is 4.18. The number of aromatic nitrogens is 4. The average Bonchev–Trinajstić information content (AvgIpc) is 3.38. The van der Waals surface area contributed by atoms with Gasteiger partial charge in [0.15, 0.2) is 0 Å². The highest BCUT2D eigenvalue weighted by atomic mass is 16.5. The normalized spacial score (nSPS) is 11.5. The highest BCUT2D eigenvalue weighted by Crippen LogP contribution is 2.36. The van der Waals surface area contributed by atoms with Crippen LogP contribution in [0.5, 0.6) is 17.4 Å². The first kappa shape index (κ1) is 20.3. The molecule has 0 aliphatic carbocycles. The van der Waals surface area contributed by atoms with E-state index in [1.54, 1.807) is 62.0 Å². The highest BCUT2D eigenvalue weighted by molar-refractivity contribution is 5.90. The van der Waals surface area contributed by atoms with E-state index in [4.69, 9.17) is 14.5 Å². The number of benzene rings is 1. The minimum absolute atomic E-state index is 0.0732. The molecule has 0 spiro atoms. The zero-order valence-corrected chi connectivity index (χ0v) is 18.0. The summed E-state index contributed by atoms with van der Waals surface area (Å²) in [5.74, 6) is 1.41. The van der Waals surface area contributed by atoms with Crippen LogP contribution in [0.15, 0.2) is 42.9 Å². The summed E-state index contributed by atoms with van der Waals surface area (Å²) < 4.78 is 13.9. The van der Waals surface area contributed by atoms with Gasteiger partial charge in [0.05, 0.1) is 55.0 Å². The van der Waals surface area contributed by atoms with E-state index in [9.17, 15) is 10.4 Å². The van der Waals surface area contributed by atoms with Crippen LogP contribution >= 0.6 is 0 Å². The number of rotatable bonds is 5. The van der Waals surface area contributed by atoms with E-state index < -0.39 is 5.54 Å². The second-order valence-corrected chi connectivity index (χ2v) is 7.82.